The number of amides is 2. The molecule has 0 aromatic heterocycles. The van der Waals surface area contributed by atoms with Crippen LogP contribution in [0.2, 0.25) is 0 Å². The number of alkyl carbamates (subject to hydrolysis) is 1. The highest BCUT2D eigenvalue weighted by molar-refractivity contribution is 5.91. The standard InChI is InChI=1S/C19H26N2O5/c1-19(2,3)26-17(23)20-15-10-7-11-21(12-16(15)22)18(24)25-13-14-8-5-4-6-9-14/h4-6,8-9,15H,7,10-13H2,1-3H3,(H,20,23). The van der Waals surface area contributed by atoms with Gasteiger partial charge in [0.1, 0.15) is 12.2 Å². The van der Waals surface area contributed by atoms with E-state index in [2.05, 4.69) is 5.32 Å². The predicted molar refractivity (Wildman–Crippen MR) is 95.6 cm³/mol. The van der Waals surface area contributed by atoms with Crippen molar-refractivity contribution in [2.45, 2.75) is 51.9 Å². The van der Waals surface area contributed by atoms with Crippen LogP contribution in [-0.4, -0.2) is 47.6 Å². The Bertz CT molecular complexity index is 639. The van der Waals surface area contributed by atoms with E-state index in [-0.39, 0.29) is 18.9 Å². The van der Waals surface area contributed by atoms with E-state index in [4.69, 9.17) is 9.47 Å². The van der Waals surface area contributed by atoms with Crippen LogP contribution in [0.3, 0.4) is 0 Å². The lowest BCUT2D eigenvalue weighted by molar-refractivity contribution is -0.121. The molecule has 0 aliphatic carbocycles. The van der Waals surface area contributed by atoms with Crippen molar-refractivity contribution in [2.24, 2.45) is 0 Å². The van der Waals surface area contributed by atoms with Gasteiger partial charge in [0.15, 0.2) is 5.78 Å². The van der Waals surface area contributed by atoms with E-state index in [1.807, 2.05) is 30.3 Å². The molecule has 1 heterocycles. The lowest BCUT2D eigenvalue weighted by Gasteiger charge is -2.22. The molecule has 7 nitrogen and oxygen atoms in total. The van der Waals surface area contributed by atoms with Crippen molar-refractivity contribution in [3.8, 4) is 0 Å². The van der Waals surface area contributed by atoms with Gasteiger partial charge in [-0.05, 0) is 39.2 Å². The van der Waals surface area contributed by atoms with Gasteiger partial charge in [-0.15, -0.1) is 0 Å². The van der Waals surface area contributed by atoms with Gasteiger partial charge in [0.2, 0.25) is 0 Å². The van der Waals surface area contributed by atoms with Gasteiger partial charge in [-0.25, -0.2) is 9.59 Å². The number of hydrogen-bond acceptors (Lipinski definition) is 5. The molecule has 1 atom stereocenters. The molecule has 0 radical (unpaired) electrons. The van der Waals surface area contributed by atoms with Crippen LogP contribution in [-0.2, 0) is 20.9 Å². The first-order chi connectivity index (χ1) is 12.2. The Morgan fingerprint density at radius 3 is 2.58 bits per heavy atom. The van der Waals surface area contributed by atoms with Crippen molar-refractivity contribution in [1.29, 1.82) is 0 Å². The molecule has 1 N–H and O–H groups in total. The number of likely N-dealkylation sites (tertiary alicyclic amines) is 1. The first kappa shape index (κ1) is 19.8. The Balaban J connectivity index is 1.85. The van der Waals surface area contributed by atoms with E-state index in [0.29, 0.717) is 19.4 Å². The molecule has 1 fully saturated rings. The second-order valence-corrected chi connectivity index (χ2v) is 7.27. The summed E-state index contributed by atoms with van der Waals surface area (Å²) < 4.78 is 10.5. The number of ether oxygens (including phenoxy) is 2. The average molecular weight is 362 g/mol. The highest BCUT2D eigenvalue weighted by Gasteiger charge is 2.30. The number of ketones is 1. The number of hydrogen-bond donors (Lipinski definition) is 1. The van der Waals surface area contributed by atoms with E-state index in [1.54, 1.807) is 20.8 Å². The number of carbonyl (C=O) groups excluding carboxylic acids is 3. The second-order valence-electron chi connectivity index (χ2n) is 7.27. The van der Waals surface area contributed by atoms with Crippen LogP contribution in [0.15, 0.2) is 30.3 Å². The van der Waals surface area contributed by atoms with Crippen LogP contribution < -0.4 is 5.32 Å². The van der Waals surface area contributed by atoms with Gasteiger partial charge in [-0.1, -0.05) is 30.3 Å². The number of benzene rings is 1. The van der Waals surface area contributed by atoms with E-state index in [1.165, 1.54) is 4.90 Å². The zero-order valence-corrected chi connectivity index (χ0v) is 15.5. The normalized spacial score (nSPS) is 18.0. The van der Waals surface area contributed by atoms with Gasteiger partial charge < -0.3 is 19.7 Å². The van der Waals surface area contributed by atoms with Crippen molar-refractivity contribution in [3.63, 3.8) is 0 Å². The highest BCUT2D eigenvalue weighted by atomic mass is 16.6. The van der Waals surface area contributed by atoms with Crippen LogP contribution in [0.5, 0.6) is 0 Å². The summed E-state index contributed by atoms with van der Waals surface area (Å²) in [5.74, 6) is -0.231. The average Bonchev–Trinajstić information content (AvgIpc) is 2.74. The minimum absolute atomic E-state index is 0.0892. The van der Waals surface area contributed by atoms with E-state index in [9.17, 15) is 14.4 Å². The van der Waals surface area contributed by atoms with E-state index in [0.717, 1.165) is 5.56 Å². The van der Waals surface area contributed by atoms with Gasteiger partial charge >= 0.3 is 12.2 Å². The lowest BCUT2D eigenvalue weighted by Crippen LogP contribution is -2.45. The number of nitrogens with zero attached hydrogens (tertiary/aromatic N) is 1. The third-order valence-corrected chi connectivity index (χ3v) is 3.81. The number of rotatable bonds is 3. The molecule has 1 unspecified atom stereocenters. The molecule has 1 aromatic rings. The monoisotopic (exact) mass is 362 g/mol. The minimum atomic E-state index is -0.656. The smallest absolute Gasteiger partial charge is 0.410 e. The van der Waals surface area contributed by atoms with E-state index < -0.39 is 23.8 Å². The van der Waals surface area contributed by atoms with Crippen molar-refractivity contribution in [2.75, 3.05) is 13.1 Å². The third kappa shape index (κ3) is 6.38. The Hall–Kier alpha value is -2.57. The van der Waals surface area contributed by atoms with Crippen LogP contribution in [0.4, 0.5) is 9.59 Å². The van der Waals surface area contributed by atoms with Gasteiger partial charge in [0.25, 0.3) is 0 Å². The van der Waals surface area contributed by atoms with Crippen LogP contribution >= 0.6 is 0 Å². The lowest BCUT2D eigenvalue weighted by atomic mass is 10.1. The first-order valence-electron chi connectivity index (χ1n) is 8.72. The molecular formula is C19H26N2O5. The number of carbonyl (C=O) groups is 3. The van der Waals surface area contributed by atoms with Gasteiger partial charge in [0.05, 0.1) is 12.6 Å². The molecule has 142 valence electrons. The second kappa shape index (κ2) is 8.69. The fraction of sp³-hybridized carbons (Fsp3) is 0.526. The van der Waals surface area contributed by atoms with Crippen molar-refractivity contribution in [1.82, 2.24) is 10.2 Å². The van der Waals surface area contributed by atoms with Gasteiger partial charge in [0, 0.05) is 6.54 Å². The topological polar surface area (TPSA) is 84.9 Å². The maximum absolute atomic E-state index is 12.4. The summed E-state index contributed by atoms with van der Waals surface area (Å²) >= 11 is 0. The molecule has 0 saturated carbocycles. The third-order valence-electron chi connectivity index (χ3n) is 3.81. The summed E-state index contributed by atoms with van der Waals surface area (Å²) in [4.78, 5) is 37.9. The van der Waals surface area contributed by atoms with Crippen molar-refractivity contribution in [3.05, 3.63) is 35.9 Å². The molecule has 26 heavy (non-hydrogen) atoms. The molecular weight excluding hydrogens is 336 g/mol. The molecule has 2 rings (SSSR count). The van der Waals surface area contributed by atoms with Crippen molar-refractivity contribution < 1.29 is 23.9 Å². The summed E-state index contributed by atoms with van der Waals surface area (Å²) in [5.41, 5.74) is 0.247. The molecule has 2 amide bonds. The SMILES string of the molecule is CC(C)(C)OC(=O)NC1CCCN(C(=O)OCc2ccccc2)CC1=O. The summed E-state index contributed by atoms with van der Waals surface area (Å²) in [6, 6.07) is 8.69. The van der Waals surface area contributed by atoms with Gasteiger partial charge in [-0.3, -0.25) is 4.79 Å². The first-order valence-corrected chi connectivity index (χ1v) is 8.72. The largest absolute Gasteiger partial charge is 0.445 e. The molecule has 1 aromatic carbocycles. The Morgan fingerprint density at radius 1 is 1.23 bits per heavy atom. The fourth-order valence-corrected chi connectivity index (χ4v) is 2.59. The van der Waals surface area contributed by atoms with Gasteiger partial charge in [-0.2, -0.15) is 0 Å². The quantitative estimate of drug-likeness (QED) is 0.894. The zero-order chi connectivity index (χ0) is 19.2. The Kier molecular flexibility index (Phi) is 6.60. The summed E-state index contributed by atoms with van der Waals surface area (Å²) in [7, 11) is 0. The van der Waals surface area contributed by atoms with Crippen LogP contribution in [0, 0.1) is 0 Å². The Labute approximate surface area is 153 Å². The van der Waals surface area contributed by atoms with Crippen LogP contribution in [0.25, 0.3) is 0 Å². The summed E-state index contributed by atoms with van der Waals surface area (Å²) in [5, 5.41) is 2.59. The molecule has 0 spiro atoms. The maximum Gasteiger partial charge on any atom is 0.410 e. The van der Waals surface area contributed by atoms with E-state index >= 15 is 0 Å². The summed E-state index contributed by atoms with van der Waals surface area (Å²) in [6.07, 6.45) is -0.108. The zero-order valence-electron chi connectivity index (χ0n) is 15.5. The highest BCUT2D eigenvalue weighted by Crippen LogP contribution is 2.13. The molecule has 1 aliphatic rings. The van der Waals surface area contributed by atoms with Crippen LogP contribution in [0.1, 0.15) is 39.2 Å². The predicted octanol–water partition coefficient (Wildman–Crippen LogP) is 2.88. The summed E-state index contributed by atoms with van der Waals surface area (Å²) in [6.45, 7) is 5.74. The number of Topliss-reactive ketones (excluding diaryl/α,β-unsaturated/α-hetero) is 1. The molecule has 1 saturated heterocycles. The van der Waals surface area contributed by atoms with Crippen molar-refractivity contribution >= 4 is 18.0 Å². The minimum Gasteiger partial charge on any atom is -0.445 e. The maximum atomic E-state index is 12.4. The molecule has 7 heteroatoms. The molecule has 0 bridgehead atoms. The fourth-order valence-electron chi connectivity index (χ4n) is 2.59. The Morgan fingerprint density at radius 2 is 1.92 bits per heavy atom. The number of nitrogens with one attached hydrogen (secondary N) is 1. The molecule has 1 aliphatic heterocycles.